The molecule has 0 saturated heterocycles. The maximum Gasteiger partial charge on any atom is 0.323 e. The minimum Gasteiger partial charge on any atom is -0.480 e. The molecule has 0 aliphatic rings. The summed E-state index contributed by atoms with van der Waals surface area (Å²) in [5.41, 5.74) is -1.41. The number of hydrogen-bond donors (Lipinski definition) is 1. The molecule has 0 spiro atoms. The molecule has 0 aliphatic heterocycles. The monoisotopic (exact) mass is 328 g/mol. The van der Waals surface area contributed by atoms with E-state index in [1.807, 2.05) is 48.5 Å². The Labute approximate surface area is 142 Å². The highest BCUT2D eigenvalue weighted by Gasteiger charge is 2.47. The minimum atomic E-state index is -1.41. The molecule has 0 radical (unpaired) electrons. The molecule has 23 heavy (non-hydrogen) atoms. The second-order valence-corrected chi connectivity index (χ2v) is 7.85. The third kappa shape index (κ3) is 6.92. The lowest BCUT2D eigenvalue weighted by molar-refractivity contribution is -0.176. The van der Waals surface area contributed by atoms with Crippen LogP contribution in [-0.4, -0.2) is 23.1 Å². The molecular weight excluding hydrogens is 292 g/mol. The highest BCUT2D eigenvalue weighted by molar-refractivity contribution is 5.99. The second-order valence-electron chi connectivity index (χ2n) is 7.85. The van der Waals surface area contributed by atoms with Gasteiger partial charge in [0, 0.05) is 0 Å². The highest BCUT2D eigenvalue weighted by atomic mass is 16.5. The maximum absolute atomic E-state index is 12.8. The number of aliphatic carboxylic acids is 1. The zero-order chi connectivity index (χ0) is 18.2. The Kier molecular flexibility index (Phi) is 9.48. The Balaban J connectivity index is 5.40. The zero-order valence-electron chi connectivity index (χ0n) is 16.0. The summed E-state index contributed by atoms with van der Waals surface area (Å²) in [5.74, 6) is -0.694. The number of ether oxygens (including phenoxy) is 1. The SMILES string of the molecule is CCC(OC(=O)C(CCC(C)C)(CCC(C)C)C(=O)O)C(C)C. The molecule has 0 fully saturated rings. The van der Waals surface area contributed by atoms with Gasteiger partial charge in [-0.3, -0.25) is 9.59 Å². The van der Waals surface area contributed by atoms with Gasteiger partial charge in [0.05, 0.1) is 0 Å². The van der Waals surface area contributed by atoms with Crippen molar-refractivity contribution in [1.29, 1.82) is 0 Å². The molecule has 0 aliphatic carbocycles. The van der Waals surface area contributed by atoms with E-state index in [0.29, 0.717) is 43.9 Å². The molecule has 1 atom stereocenters. The first-order valence-electron chi connectivity index (χ1n) is 9.01. The molecule has 0 rings (SSSR count). The zero-order valence-corrected chi connectivity index (χ0v) is 16.0. The first-order valence-corrected chi connectivity index (χ1v) is 9.01. The molecule has 0 saturated carbocycles. The normalized spacial score (nSPS) is 13.7. The molecule has 1 N–H and O–H groups in total. The average Bonchev–Trinajstić information content (AvgIpc) is 2.43. The van der Waals surface area contributed by atoms with Gasteiger partial charge in [0.25, 0.3) is 0 Å². The number of carboxylic acid groups (broad SMARTS) is 1. The summed E-state index contributed by atoms with van der Waals surface area (Å²) in [6, 6.07) is 0. The van der Waals surface area contributed by atoms with E-state index in [2.05, 4.69) is 0 Å². The first-order chi connectivity index (χ1) is 10.6. The fraction of sp³-hybridized carbons (Fsp3) is 0.895. The number of carboxylic acids is 1. The van der Waals surface area contributed by atoms with E-state index < -0.39 is 17.4 Å². The lowest BCUT2D eigenvalue weighted by atomic mass is 9.76. The van der Waals surface area contributed by atoms with Gasteiger partial charge >= 0.3 is 11.9 Å². The molecule has 0 aromatic rings. The molecule has 4 nitrogen and oxygen atoms in total. The second kappa shape index (κ2) is 9.94. The Bertz CT molecular complexity index is 360. The summed E-state index contributed by atoms with van der Waals surface area (Å²) in [6.07, 6.45) is 2.59. The molecule has 4 heteroatoms. The fourth-order valence-corrected chi connectivity index (χ4v) is 2.64. The molecule has 0 aromatic heterocycles. The van der Waals surface area contributed by atoms with E-state index in [1.165, 1.54) is 0 Å². The molecule has 0 heterocycles. The van der Waals surface area contributed by atoms with E-state index in [1.54, 1.807) is 0 Å². The highest BCUT2D eigenvalue weighted by Crippen LogP contribution is 2.36. The maximum atomic E-state index is 12.8. The predicted octanol–water partition coefficient (Wildman–Crippen LogP) is 4.91. The average molecular weight is 328 g/mol. The van der Waals surface area contributed by atoms with Crippen LogP contribution in [0.1, 0.15) is 80.6 Å². The van der Waals surface area contributed by atoms with Gasteiger partial charge in [0.15, 0.2) is 5.41 Å². The summed E-state index contributed by atoms with van der Waals surface area (Å²) in [6.45, 7) is 14.1. The molecule has 0 bridgehead atoms. The number of carbonyl (C=O) groups excluding carboxylic acids is 1. The first kappa shape index (κ1) is 21.9. The van der Waals surface area contributed by atoms with Gasteiger partial charge in [-0.25, -0.2) is 0 Å². The van der Waals surface area contributed by atoms with E-state index in [9.17, 15) is 14.7 Å². The summed E-state index contributed by atoms with van der Waals surface area (Å²) in [4.78, 5) is 24.8. The van der Waals surface area contributed by atoms with Gasteiger partial charge in [-0.15, -0.1) is 0 Å². The van der Waals surface area contributed by atoms with Gasteiger partial charge < -0.3 is 9.84 Å². The Morgan fingerprint density at radius 1 is 0.957 bits per heavy atom. The Morgan fingerprint density at radius 3 is 1.65 bits per heavy atom. The van der Waals surface area contributed by atoms with Crippen molar-refractivity contribution in [2.24, 2.45) is 23.2 Å². The summed E-state index contributed by atoms with van der Waals surface area (Å²) in [5, 5.41) is 9.84. The summed E-state index contributed by atoms with van der Waals surface area (Å²) >= 11 is 0. The van der Waals surface area contributed by atoms with Gasteiger partial charge in [-0.2, -0.15) is 0 Å². The summed E-state index contributed by atoms with van der Waals surface area (Å²) < 4.78 is 5.63. The largest absolute Gasteiger partial charge is 0.480 e. The smallest absolute Gasteiger partial charge is 0.323 e. The van der Waals surface area contributed by atoms with Gasteiger partial charge in [0.1, 0.15) is 6.10 Å². The van der Waals surface area contributed by atoms with Crippen LogP contribution in [0.15, 0.2) is 0 Å². The molecule has 0 aromatic carbocycles. The van der Waals surface area contributed by atoms with Crippen LogP contribution in [0.5, 0.6) is 0 Å². The molecule has 136 valence electrons. The number of rotatable bonds is 11. The van der Waals surface area contributed by atoms with Crippen LogP contribution >= 0.6 is 0 Å². The van der Waals surface area contributed by atoms with Crippen molar-refractivity contribution in [1.82, 2.24) is 0 Å². The number of esters is 1. The van der Waals surface area contributed by atoms with Gasteiger partial charge in [-0.05, 0) is 49.9 Å². The third-order valence-electron chi connectivity index (χ3n) is 4.50. The summed E-state index contributed by atoms with van der Waals surface area (Å²) in [7, 11) is 0. The lowest BCUT2D eigenvalue weighted by Gasteiger charge is -2.31. The van der Waals surface area contributed by atoms with Crippen molar-refractivity contribution in [3.05, 3.63) is 0 Å². The van der Waals surface area contributed by atoms with Crippen LogP contribution in [0.4, 0.5) is 0 Å². The fourth-order valence-electron chi connectivity index (χ4n) is 2.64. The van der Waals surface area contributed by atoms with Gasteiger partial charge in [-0.1, -0.05) is 48.5 Å². The van der Waals surface area contributed by atoms with E-state index in [-0.39, 0.29) is 12.0 Å². The van der Waals surface area contributed by atoms with Crippen molar-refractivity contribution in [2.45, 2.75) is 86.7 Å². The Morgan fingerprint density at radius 2 is 1.39 bits per heavy atom. The topological polar surface area (TPSA) is 63.6 Å². The number of hydrogen-bond acceptors (Lipinski definition) is 3. The van der Waals surface area contributed by atoms with E-state index >= 15 is 0 Å². The predicted molar refractivity (Wildman–Crippen MR) is 93.2 cm³/mol. The van der Waals surface area contributed by atoms with Crippen LogP contribution in [0, 0.1) is 23.2 Å². The lowest BCUT2D eigenvalue weighted by Crippen LogP contribution is -2.43. The molecular formula is C19H36O4. The van der Waals surface area contributed by atoms with Gasteiger partial charge in [0.2, 0.25) is 0 Å². The van der Waals surface area contributed by atoms with Crippen molar-refractivity contribution in [3.63, 3.8) is 0 Å². The third-order valence-corrected chi connectivity index (χ3v) is 4.50. The quantitative estimate of drug-likeness (QED) is 0.432. The Hall–Kier alpha value is -1.06. The molecule has 0 amide bonds. The van der Waals surface area contributed by atoms with Crippen LogP contribution in [0.2, 0.25) is 0 Å². The van der Waals surface area contributed by atoms with Crippen LogP contribution < -0.4 is 0 Å². The van der Waals surface area contributed by atoms with Crippen LogP contribution in [0.25, 0.3) is 0 Å². The van der Waals surface area contributed by atoms with Crippen molar-refractivity contribution in [2.75, 3.05) is 0 Å². The standard InChI is InChI=1S/C19H36O4/c1-8-16(15(6)7)23-18(22)19(17(20)21,11-9-13(2)3)12-10-14(4)5/h13-16H,8-12H2,1-7H3,(H,20,21). The van der Waals surface area contributed by atoms with E-state index in [4.69, 9.17) is 4.74 Å². The van der Waals surface area contributed by atoms with Crippen molar-refractivity contribution in [3.8, 4) is 0 Å². The minimum absolute atomic E-state index is 0.186. The number of carbonyl (C=O) groups is 2. The van der Waals surface area contributed by atoms with Crippen molar-refractivity contribution < 1.29 is 19.4 Å². The molecule has 1 unspecified atom stereocenters. The van der Waals surface area contributed by atoms with Crippen LogP contribution in [0.3, 0.4) is 0 Å². The van der Waals surface area contributed by atoms with Crippen LogP contribution in [-0.2, 0) is 14.3 Å². The van der Waals surface area contributed by atoms with E-state index in [0.717, 1.165) is 0 Å². The van der Waals surface area contributed by atoms with Crippen molar-refractivity contribution >= 4 is 11.9 Å².